The monoisotopic (exact) mass is 294 g/mol. The largest absolute Gasteiger partial charge is 0.481 e. The molecule has 6 heteroatoms. The van der Waals surface area contributed by atoms with E-state index in [0.29, 0.717) is 19.0 Å². The van der Waals surface area contributed by atoms with Gasteiger partial charge >= 0.3 is 0 Å². The van der Waals surface area contributed by atoms with Crippen molar-refractivity contribution in [2.75, 3.05) is 27.3 Å². The molecule has 6 nitrogen and oxygen atoms in total. The Morgan fingerprint density at radius 2 is 2.05 bits per heavy atom. The molecule has 1 heterocycles. The number of pyridine rings is 1. The molecule has 0 aliphatic heterocycles. The van der Waals surface area contributed by atoms with Crippen LogP contribution in [0.25, 0.3) is 0 Å². The summed E-state index contributed by atoms with van der Waals surface area (Å²) >= 11 is 0. The van der Waals surface area contributed by atoms with E-state index in [-0.39, 0.29) is 5.60 Å². The first-order chi connectivity index (χ1) is 10.0. The first-order valence-corrected chi connectivity index (χ1v) is 7.07. The second kappa shape index (κ2) is 8.46. The van der Waals surface area contributed by atoms with Crippen LogP contribution >= 0.6 is 0 Å². The number of nitrogens with one attached hydrogen (secondary N) is 2. The maximum absolute atomic E-state index is 5.39. The summed E-state index contributed by atoms with van der Waals surface area (Å²) in [5.74, 6) is 1.37. The third kappa shape index (κ3) is 6.44. The van der Waals surface area contributed by atoms with Gasteiger partial charge in [0.1, 0.15) is 0 Å². The summed E-state index contributed by atoms with van der Waals surface area (Å²) in [6.45, 7) is 8.12. The molecule has 0 saturated carbocycles. The molecule has 0 fully saturated rings. The molecule has 0 bridgehead atoms. The first kappa shape index (κ1) is 17.2. The van der Waals surface area contributed by atoms with Gasteiger partial charge in [0.05, 0.1) is 19.3 Å². The number of methoxy groups -OCH3 is 2. The highest BCUT2D eigenvalue weighted by Crippen LogP contribution is 2.08. The minimum Gasteiger partial charge on any atom is -0.481 e. The summed E-state index contributed by atoms with van der Waals surface area (Å²) in [7, 11) is 3.31. The van der Waals surface area contributed by atoms with Gasteiger partial charge in [-0.3, -0.25) is 0 Å². The van der Waals surface area contributed by atoms with E-state index in [1.807, 2.05) is 32.9 Å². The molecule has 1 rings (SSSR count). The molecular formula is C15H26N4O2. The van der Waals surface area contributed by atoms with Crippen LogP contribution in [0.3, 0.4) is 0 Å². The Labute approximate surface area is 127 Å². The van der Waals surface area contributed by atoms with Gasteiger partial charge in [0.15, 0.2) is 5.96 Å². The van der Waals surface area contributed by atoms with Crippen LogP contribution in [0.1, 0.15) is 26.3 Å². The summed E-state index contributed by atoms with van der Waals surface area (Å²) in [6, 6.07) is 3.79. The lowest BCUT2D eigenvalue weighted by Crippen LogP contribution is -2.45. The molecule has 0 aliphatic carbocycles. The minimum atomic E-state index is -0.238. The molecule has 1 aromatic heterocycles. The molecule has 0 atom stereocenters. The maximum Gasteiger partial charge on any atom is 0.212 e. The molecule has 0 saturated heterocycles. The van der Waals surface area contributed by atoms with Gasteiger partial charge in [-0.25, -0.2) is 9.98 Å². The van der Waals surface area contributed by atoms with Crippen LogP contribution in [-0.4, -0.2) is 43.9 Å². The zero-order chi connectivity index (χ0) is 15.7. The third-order valence-corrected chi connectivity index (χ3v) is 3.00. The Hall–Kier alpha value is -1.82. The van der Waals surface area contributed by atoms with E-state index in [1.54, 1.807) is 20.4 Å². The Kier molecular flexibility index (Phi) is 6.94. The smallest absolute Gasteiger partial charge is 0.212 e. The van der Waals surface area contributed by atoms with Gasteiger partial charge in [0, 0.05) is 32.5 Å². The van der Waals surface area contributed by atoms with Gasteiger partial charge in [-0.15, -0.1) is 0 Å². The number of aromatic nitrogens is 1. The van der Waals surface area contributed by atoms with Crippen molar-refractivity contribution in [1.29, 1.82) is 0 Å². The van der Waals surface area contributed by atoms with E-state index in [4.69, 9.17) is 9.47 Å². The van der Waals surface area contributed by atoms with Crippen LogP contribution < -0.4 is 15.4 Å². The lowest BCUT2D eigenvalue weighted by molar-refractivity contribution is 0.0268. The predicted molar refractivity (Wildman–Crippen MR) is 84.7 cm³/mol. The molecule has 0 radical (unpaired) electrons. The van der Waals surface area contributed by atoms with Crippen molar-refractivity contribution in [2.45, 2.75) is 32.9 Å². The average molecular weight is 294 g/mol. The number of ether oxygens (including phenoxy) is 2. The van der Waals surface area contributed by atoms with Crippen LogP contribution in [-0.2, 0) is 11.3 Å². The number of hydrogen-bond acceptors (Lipinski definition) is 4. The van der Waals surface area contributed by atoms with Crippen molar-refractivity contribution in [3.8, 4) is 5.88 Å². The molecule has 21 heavy (non-hydrogen) atoms. The summed E-state index contributed by atoms with van der Waals surface area (Å²) in [4.78, 5) is 8.70. The van der Waals surface area contributed by atoms with Crippen molar-refractivity contribution in [2.24, 2.45) is 4.99 Å². The van der Waals surface area contributed by atoms with Crippen molar-refractivity contribution in [3.05, 3.63) is 23.9 Å². The molecule has 118 valence electrons. The van der Waals surface area contributed by atoms with E-state index in [1.165, 1.54) is 0 Å². The van der Waals surface area contributed by atoms with E-state index >= 15 is 0 Å². The molecule has 2 N–H and O–H groups in total. The topological polar surface area (TPSA) is 67.8 Å². The van der Waals surface area contributed by atoms with Gasteiger partial charge in [-0.05, 0) is 26.3 Å². The quantitative estimate of drug-likeness (QED) is 0.590. The maximum atomic E-state index is 5.39. The van der Waals surface area contributed by atoms with E-state index in [9.17, 15) is 0 Å². The fourth-order valence-electron chi connectivity index (χ4n) is 1.51. The van der Waals surface area contributed by atoms with Gasteiger partial charge < -0.3 is 20.1 Å². The number of hydrogen-bond donors (Lipinski definition) is 2. The molecule has 0 amide bonds. The van der Waals surface area contributed by atoms with Crippen molar-refractivity contribution in [3.63, 3.8) is 0 Å². The third-order valence-electron chi connectivity index (χ3n) is 3.00. The molecule has 0 aliphatic rings. The zero-order valence-corrected chi connectivity index (χ0v) is 13.6. The minimum absolute atomic E-state index is 0.238. The van der Waals surface area contributed by atoms with Crippen LogP contribution in [0, 0.1) is 0 Å². The fraction of sp³-hybridized carbons (Fsp3) is 0.600. The van der Waals surface area contributed by atoms with Gasteiger partial charge in [-0.2, -0.15) is 0 Å². The Morgan fingerprint density at radius 3 is 2.57 bits per heavy atom. The van der Waals surface area contributed by atoms with Gasteiger partial charge in [0.2, 0.25) is 5.88 Å². The van der Waals surface area contributed by atoms with Crippen molar-refractivity contribution < 1.29 is 9.47 Å². The Bertz CT molecular complexity index is 443. The molecule has 0 aromatic carbocycles. The lowest BCUT2D eigenvalue weighted by Gasteiger charge is -2.24. The summed E-state index contributed by atoms with van der Waals surface area (Å²) in [5.41, 5.74) is 0.789. The highest BCUT2D eigenvalue weighted by molar-refractivity contribution is 5.79. The second-order valence-corrected chi connectivity index (χ2v) is 5.22. The lowest BCUT2D eigenvalue weighted by atomic mass is 10.1. The molecule has 0 unspecified atom stereocenters. The van der Waals surface area contributed by atoms with E-state index in [0.717, 1.165) is 18.1 Å². The second-order valence-electron chi connectivity index (χ2n) is 5.22. The van der Waals surface area contributed by atoms with Crippen LogP contribution in [0.4, 0.5) is 0 Å². The summed E-state index contributed by atoms with van der Waals surface area (Å²) in [6.07, 6.45) is 1.77. The summed E-state index contributed by atoms with van der Waals surface area (Å²) < 4.78 is 10.4. The Morgan fingerprint density at radius 1 is 1.29 bits per heavy atom. The standard InChI is InChI=1S/C15H26N4O2/c1-6-16-14(19-11-15(2,3)21-5)18-10-12-7-8-13(20-4)17-9-12/h7-9H,6,10-11H2,1-5H3,(H2,16,18,19). The van der Waals surface area contributed by atoms with E-state index < -0.39 is 0 Å². The zero-order valence-electron chi connectivity index (χ0n) is 13.6. The molecule has 0 spiro atoms. The number of guanidine groups is 1. The van der Waals surface area contributed by atoms with Gasteiger partial charge in [-0.1, -0.05) is 6.07 Å². The van der Waals surface area contributed by atoms with E-state index in [2.05, 4.69) is 20.6 Å². The first-order valence-electron chi connectivity index (χ1n) is 7.07. The SMILES string of the molecule is CCNC(=NCc1ccc(OC)nc1)NCC(C)(C)OC. The van der Waals surface area contributed by atoms with Crippen LogP contribution in [0.15, 0.2) is 23.3 Å². The molecular weight excluding hydrogens is 268 g/mol. The van der Waals surface area contributed by atoms with Crippen molar-refractivity contribution in [1.82, 2.24) is 15.6 Å². The number of nitrogens with zero attached hydrogens (tertiary/aromatic N) is 2. The van der Waals surface area contributed by atoms with Gasteiger partial charge in [0.25, 0.3) is 0 Å². The molecule has 1 aromatic rings. The van der Waals surface area contributed by atoms with Crippen LogP contribution in [0.2, 0.25) is 0 Å². The Balaban J connectivity index is 2.61. The van der Waals surface area contributed by atoms with Crippen LogP contribution in [0.5, 0.6) is 5.88 Å². The highest BCUT2D eigenvalue weighted by atomic mass is 16.5. The number of aliphatic imine (C=N–C) groups is 1. The summed E-state index contributed by atoms with van der Waals surface area (Å²) in [5, 5.41) is 6.48. The highest BCUT2D eigenvalue weighted by Gasteiger charge is 2.16. The number of rotatable bonds is 7. The van der Waals surface area contributed by atoms with Crippen molar-refractivity contribution >= 4 is 5.96 Å². The average Bonchev–Trinajstić information content (AvgIpc) is 2.50. The fourth-order valence-corrected chi connectivity index (χ4v) is 1.51. The predicted octanol–water partition coefficient (Wildman–Crippen LogP) is 1.57. The normalized spacial score (nSPS) is 12.1.